The molecule has 1 fully saturated rings. The molecule has 1 aliphatic rings. The molecule has 27 heavy (non-hydrogen) atoms. The molecule has 4 rings (SSSR count). The number of carbonyl (C=O) groups is 1. The van der Waals surface area contributed by atoms with E-state index in [0.717, 1.165) is 40.6 Å². The zero-order valence-electron chi connectivity index (χ0n) is 15.6. The van der Waals surface area contributed by atoms with Crippen molar-refractivity contribution in [2.45, 2.75) is 31.7 Å². The number of carbonyl (C=O) groups excluding carboxylic acids is 1. The van der Waals surface area contributed by atoms with Crippen molar-refractivity contribution in [3.05, 3.63) is 60.2 Å². The van der Waals surface area contributed by atoms with Gasteiger partial charge in [-0.3, -0.25) is 4.79 Å². The average molecular weight is 357 g/mol. The number of benzene rings is 2. The van der Waals surface area contributed by atoms with Gasteiger partial charge in [0, 0.05) is 30.5 Å². The molecule has 1 heterocycles. The molecule has 0 N–H and O–H groups in total. The fourth-order valence-corrected chi connectivity index (χ4v) is 3.93. The first-order valence-electron chi connectivity index (χ1n) is 9.49. The van der Waals surface area contributed by atoms with E-state index >= 15 is 0 Å². The summed E-state index contributed by atoms with van der Waals surface area (Å²) in [6, 6.07) is 21.0. The third kappa shape index (κ3) is 3.33. The molecule has 1 aliphatic carbocycles. The number of aryl methyl sites for hydroxylation is 1. The van der Waals surface area contributed by atoms with Crippen molar-refractivity contribution >= 4 is 16.8 Å². The fraction of sp³-hybridized carbons (Fsp3) is 0.304. The van der Waals surface area contributed by atoms with Crippen LogP contribution >= 0.6 is 0 Å². The molecule has 0 bridgehead atoms. The molecule has 2 aromatic carbocycles. The Morgan fingerprint density at radius 2 is 1.85 bits per heavy atom. The second-order valence-electron chi connectivity index (χ2n) is 7.17. The summed E-state index contributed by atoms with van der Waals surface area (Å²) in [6.45, 7) is 0.533. The van der Waals surface area contributed by atoms with Gasteiger partial charge in [-0.05, 0) is 30.0 Å². The first-order valence-corrected chi connectivity index (χ1v) is 9.49. The maximum atomic E-state index is 13.1. The van der Waals surface area contributed by atoms with Gasteiger partial charge < -0.3 is 9.47 Å². The van der Waals surface area contributed by atoms with Crippen molar-refractivity contribution < 1.29 is 4.79 Å². The Kier molecular flexibility index (Phi) is 4.68. The smallest absolute Gasteiger partial charge is 0.227 e. The minimum absolute atomic E-state index is 0.126. The van der Waals surface area contributed by atoms with E-state index in [-0.39, 0.29) is 5.91 Å². The van der Waals surface area contributed by atoms with Crippen LogP contribution in [0.4, 0.5) is 0 Å². The van der Waals surface area contributed by atoms with Crippen LogP contribution in [0.15, 0.2) is 54.6 Å². The van der Waals surface area contributed by atoms with Gasteiger partial charge >= 0.3 is 0 Å². The summed E-state index contributed by atoms with van der Waals surface area (Å²) in [5.41, 5.74) is 4.43. The summed E-state index contributed by atoms with van der Waals surface area (Å²) < 4.78 is 2.18. The first kappa shape index (κ1) is 17.4. The number of nitriles is 1. The Morgan fingerprint density at radius 1 is 1.15 bits per heavy atom. The topological polar surface area (TPSA) is 49.0 Å². The number of aromatic nitrogens is 1. The average Bonchev–Trinajstić information content (AvgIpc) is 3.49. The second kappa shape index (κ2) is 7.28. The van der Waals surface area contributed by atoms with Gasteiger partial charge in [-0.15, -0.1) is 0 Å². The highest BCUT2D eigenvalue weighted by atomic mass is 16.2. The SMILES string of the molecule is Cn1c(-c2ccccc2)c(CC(=O)N(CCC#N)C2CC2)c2ccccc21. The minimum Gasteiger partial charge on any atom is -0.343 e. The van der Waals surface area contributed by atoms with Crippen LogP contribution in [0.1, 0.15) is 24.8 Å². The van der Waals surface area contributed by atoms with Crippen LogP contribution in [0.25, 0.3) is 22.2 Å². The highest BCUT2D eigenvalue weighted by molar-refractivity contribution is 5.96. The van der Waals surface area contributed by atoms with Crippen molar-refractivity contribution in [1.29, 1.82) is 5.26 Å². The van der Waals surface area contributed by atoms with Crippen molar-refractivity contribution in [2.75, 3.05) is 6.54 Å². The molecule has 0 unspecified atom stereocenters. The fourth-order valence-electron chi connectivity index (χ4n) is 3.93. The third-order valence-corrected chi connectivity index (χ3v) is 5.36. The summed E-state index contributed by atoms with van der Waals surface area (Å²) in [4.78, 5) is 15.1. The number of hydrogen-bond acceptors (Lipinski definition) is 2. The second-order valence-corrected chi connectivity index (χ2v) is 7.17. The maximum absolute atomic E-state index is 13.1. The van der Waals surface area contributed by atoms with Gasteiger partial charge in [0.2, 0.25) is 5.91 Å². The Labute approximate surface area is 159 Å². The van der Waals surface area contributed by atoms with E-state index in [1.54, 1.807) is 0 Å². The standard InChI is InChI=1S/C23H23N3O/c1-25-21-11-6-5-10-19(21)20(23(25)17-8-3-2-4-9-17)16-22(27)26(15-7-14-24)18-12-13-18/h2-6,8-11,18H,7,12-13,15-16H2,1H3. The van der Waals surface area contributed by atoms with E-state index in [2.05, 4.69) is 41.9 Å². The summed E-state index contributed by atoms with van der Waals surface area (Å²) in [5.74, 6) is 0.126. The van der Waals surface area contributed by atoms with Crippen LogP contribution in [0.2, 0.25) is 0 Å². The Balaban J connectivity index is 1.76. The van der Waals surface area contributed by atoms with Crippen LogP contribution in [-0.4, -0.2) is 28.0 Å². The molecule has 3 aromatic rings. The largest absolute Gasteiger partial charge is 0.343 e. The van der Waals surface area contributed by atoms with Gasteiger partial charge in [0.1, 0.15) is 0 Å². The number of amides is 1. The molecule has 0 atom stereocenters. The summed E-state index contributed by atoms with van der Waals surface area (Å²) >= 11 is 0. The number of para-hydroxylation sites is 1. The van der Waals surface area contributed by atoms with E-state index in [1.165, 1.54) is 0 Å². The third-order valence-electron chi connectivity index (χ3n) is 5.36. The molecule has 1 amide bonds. The van der Waals surface area contributed by atoms with Crippen molar-refractivity contribution in [2.24, 2.45) is 7.05 Å². The molecule has 1 aromatic heterocycles. The van der Waals surface area contributed by atoms with Crippen LogP contribution in [0.3, 0.4) is 0 Å². The van der Waals surface area contributed by atoms with Crippen LogP contribution in [-0.2, 0) is 18.3 Å². The predicted octanol–water partition coefficient (Wildman–Crippen LogP) is 4.29. The van der Waals surface area contributed by atoms with Gasteiger partial charge in [-0.1, -0.05) is 48.5 Å². The molecule has 0 aliphatic heterocycles. The predicted molar refractivity (Wildman–Crippen MR) is 107 cm³/mol. The molecule has 1 saturated carbocycles. The van der Waals surface area contributed by atoms with E-state index in [1.807, 2.05) is 35.2 Å². The molecule has 0 saturated heterocycles. The Bertz CT molecular complexity index is 1010. The van der Waals surface area contributed by atoms with E-state index in [9.17, 15) is 4.79 Å². The Morgan fingerprint density at radius 3 is 2.56 bits per heavy atom. The zero-order chi connectivity index (χ0) is 18.8. The lowest BCUT2D eigenvalue weighted by Gasteiger charge is -2.21. The molecule has 136 valence electrons. The lowest BCUT2D eigenvalue weighted by atomic mass is 10.0. The highest BCUT2D eigenvalue weighted by Gasteiger charge is 2.33. The molecule has 4 heteroatoms. The van der Waals surface area contributed by atoms with Gasteiger partial charge in [0.25, 0.3) is 0 Å². The number of hydrogen-bond donors (Lipinski definition) is 0. The zero-order valence-corrected chi connectivity index (χ0v) is 15.6. The molecular formula is C23H23N3O. The van der Waals surface area contributed by atoms with Crippen LogP contribution < -0.4 is 0 Å². The number of fused-ring (bicyclic) bond motifs is 1. The van der Waals surface area contributed by atoms with Crippen molar-refractivity contribution in [3.63, 3.8) is 0 Å². The molecule has 0 radical (unpaired) electrons. The minimum atomic E-state index is 0.126. The van der Waals surface area contributed by atoms with E-state index in [4.69, 9.17) is 5.26 Å². The maximum Gasteiger partial charge on any atom is 0.227 e. The van der Waals surface area contributed by atoms with Gasteiger partial charge in [-0.2, -0.15) is 5.26 Å². The highest BCUT2D eigenvalue weighted by Crippen LogP contribution is 2.35. The van der Waals surface area contributed by atoms with Crippen molar-refractivity contribution in [3.8, 4) is 17.3 Å². The van der Waals surface area contributed by atoms with Gasteiger partial charge in [-0.25, -0.2) is 0 Å². The number of rotatable bonds is 6. The normalized spacial score (nSPS) is 13.5. The lowest BCUT2D eigenvalue weighted by molar-refractivity contribution is -0.130. The van der Waals surface area contributed by atoms with Crippen molar-refractivity contribution in [1.82, 2.24) is 9.47 Å². The van der Waals surface area contributed by atoms with Gasteiger partial charge in [0.05, 0.1) is 24.6 Å². The quantitative estimate of drug-likeness (QED) is 0.661. The lowest BCUT2D eigenvalue weighted by Crippen LogP contribution is -2.35. The monoisotopic (exact) mass is 357 g/mol. The van der Waals surface area contributed by atoms with Crippen LogP contribution in [0.5, 0.6) is 0 Å². The number of nitrogens with zero attached hydrogens (tertiary/aromatic N) is 3. The summed E-state index contributed by atoms with van der Waals surface area (Å²) in [5, 5.41) is 10.1. The van der Waals surface area contributed by atoms with E-state index < -0.39 is 0 Å². The Hall–Kier alpha value is -3.06. The first-order chi connectivity index (χ1) is 13.2. The summed E-state index contributed by atoms with van der Waals surface area (Å²) in [7, 11) is 2.06. The molecule has 4 nitrogen and oxygen atoms in total. The molecular weight excluding hydrogens is 334 g/mol. The molecule has 0 spiro atoms. The summed E-state index contributed by atoms with van der Waals surface area (Å²) in [6.07, 6.45) is 2.87. The van der Waals surface area contributed by atoms with E-state index in [0.29, 0.717) is 25.4 Å². The van der Waals surface area contributed by atoms with Gasteiger partial charge in [0.15, 0.2) is 0 Å². The van der Waals surface area contributed by atoms with Crippen LogP contribution in [0, 0.1) is 11.3 Å².